The van der Waals surface area contributed by atoms with E-state index in [-0.39, 0.29) is 12.2 Å². The maximum atomic E-state index is 12.1. The first-order valence-corrected chi connectivity index (χ1v) is 6.91. The zero-order valence-electron chi connectivity index (χ0n) is 11.3. The van der Waals surface area contributed by atoms with Crippen molar-refractivity contribution in [2.24, 2.45) is 0 Å². The number of benzene rings is 1. The predicted octanol–water partition coefficient (Wildman–Crippen LogP) is 3.65. The van der Waals surface area contributed by atoms with E-state index in [2.05, 4.69) is 21.2 Å². The summed E-state index contributed by atoms with van der Waals surface area (Å²) in [6.45, 7) is -0.368. The Bertz CT molecular complexity index is 497. The lowest BCUT2D eigenvalue weighted by Gasteiger charge is -2.18. The Hall–Kier alpha value is -1.35. The fourth-order valence-electron chi connectivity index (χ4n) is 1.76. The van der Waals surface area contributed by atoms with Crippen LogP contribution in [0.5, 0.6) is 0 Å². The van der Waals surface area contributed by atoms with Crippen molar-refractivity contribution in [2.45, 2.75) is 12.6 Å². The third kappa shape index (κ3) is 6.76. The maximum absolute atomic E-state index is 12.1. The van der Waals surface area contributed by atoms with Gasteiger partial charge >= 0.3 is 6.18 Å². The van der Waals surface area contributed by atoms with Gasteiger partial charge in [0.15, 0.2) is 0 Å². The average molecular weight is 370 g/mol. The highest BCUT2D eigenvalue weighted by atomic mass is 79.9. The van der Waals surface area contributed by atoms with Gasteiger partial charge in [0.25, 0.3) is 5.69 Å². The van der Waals surface area contributed by atoms with Gasteiger partial charge in [-0.05, 0) is 32.1 Å². The average Bonchev–Trinajstić information content (AvgIpc) is 2.33. The molecule has 0 aliphatic rings. The second-order valence-corrected chi connectivity index (χ2v) is 5.47. The van der Waals surface area contributed by atoms with Crippen molar-refractivity contribution in [1.82, 2.24) is 4.90 Å². The maximum Gasteiger partial charge on any atom is 0.401 e. The first-order valence-electron chi connectivity index (χ1n) is 6.12. The minimum atomic E-state index is -4.22. The van der Waals surface area contributed by atoms with Crippen molar-refractivity contribution in [3.8, 4) is 0 Å². The van der Waals surface area contributed by atoms with Gasteiger partial charge in [0.05, 0.1) is 11.5 Å². The van der Waals surface area contributed by atoms with Crippen LogP contribution in [0.2, 0.25) is 0 Å². The number of rotatable bonds is 7. The lowest BCUT2D eigenvalue weighted by Crippen LogP contribution is -2.32. The summed E-state index contributed by atoms with van der Waals surface area (Å²) in [7, 11) is 1.38. The molecule has 0 atom stereocenters. The smallest absolute Gasteiger partial charge is 0.379 e. The van der Waals surface area contributed by atoms with Gasteiger partial charge < -0.3 is 5.32 Å². The topological polar surface area (TPSA) is 58.4 Å². The minimum absolute atomic E-state index is 0.0759. The fourth-order valence-corrected chi connectivity index (χ4v) is 2.11. The van der Waals surface area contributed by atoms with Crippen LogP contribution in [0.25, 0.3) is 0 Å². The molecule has 0 heterocycles. The monoisotopic (exact) mass is 369 g/mol. The van der Waals surface area contributed by atoms with Gasteiger partial charge in [0.2, 0.25) is 0 Å². The summed E-state index contributed by atoms with van der Waals surface area (Å²) in [5.74, 6) is 0. The molecule has 0 unspecified atom stereocenters. The normalized spacial score (nSPS) is 11.7. The number of nitro benzene ring substituents is 1. The summed E-state index contributed by atoms with van der Waals surface area (Å²) >= 11 is 3.15. The Morgan fingerprint density at radius 1 is 1.43 bits per heavy atom. The van der Waals surface area contributed by atoms with Crippen LogP contribution in [0.4, 0.5) is 24.5 Å². The summed E-state index contributed by atoms with van der Waals surface area (Å²) in [6, 6.07) is 4.59. The molecule has 118 valence electrons. The molecule has 21 heavy (non-hydrogen) atoms. The van der Waals surface area contributed by atoms with E-state index in [1.165, 1.54) is 13.1 Å². The number of hydrogen-bond donors (Lipinski definition) is 1. The van der Waals surface area contributed by atoms with Crippen molar-refractivity contribution in [3.63, 3.8) is 0 Å². The van der Waals surface area contributed by atoms with E-state index < -0.39 is 17.6 Å². The summed E-state index contributed by atoms with van der Waals surface area (Å²) < 4.78 is 37.0. The third-order valence-corrected chi connectivity index (χ3v) is 3.13. The molecule has 0 aliphatic heterocycles. The summed E-state index contributed by atoms with van der Waals surface area (Å²) in [5.41, 5.74) is 0.273. The van der Waals surface area contributed by atoms with Crippen molar-refractivity contribution < 1.29 is 18.1 Å². The van der Waals surface area contributed by atoms with Crippen LogP contribution >= 0.6 is 15.9 Å². The number of nitro groups is 1. The Morgan fingerprint density at radius 2 is 2.10 bits per heavy atom. The van der Waals surface area contributed by atoms with Crippen LogP contribution in [-0.2, 0) is 0 Å². The van der Waals surface area contributed by atoms with E-state index in [1.807, 2.05) is 0 Å². The molecule has 1 rings (SSSR count). The van der Waals surface area contributed by atoms with Gasteiger partial charge in [-0.1, -0.05) is 15.9 Å². The van der Waals surface area contributed by atoms with Crippen LogP contribution < -0.4 is 5.32 Å². The Morgan fingerprint density at radius 3 is 2.67 bits per heavy atom. The number of hydrogen-bond acceptors (Lipinski definition) is 4. The molecule has 0 spiro atoms. The number of nitrogens with one attached hydrogen (secondary N) is 1. The lowest BCUT2D eigenvalue weighted by atomic mass is 10.2. The lowest BCUT2D eigenvalue weighted by molar-refractivity contribution is -0.384. The first kappa shape index (κ1) is 17.7. The highest BCUT2D eigenvalue weighted by Crippen LogP contribution is 2.27. The van der Waals surface area contributed by atoms with Gasteiger partial charge in [-0.2, -0.15) is 13.2 Å². The van der Waals surface area contributed by atoms with E-state index in [1.54, 1.807) is 12.1 Å². The summed E-state index contributed by atoms with van der Waals surface area (Å²) in [4.78, 5) is 11.5. The minimum Gasteiger partial charge on any atom is -0.379 e. The first-order chi connectivity index (χ1) is 9.69. The fraction of sp³-hybridized carbons (Fsp3) is 0.500. The van der Waals surface area contributed by atoms with Gasteiger partial charge in [0.1, 0.15) is 5.69 Å². The molecule has 1 aromatic carbocycles. The van der Waals surface area contributed by atoms with Crippen molar-refractivity contribution in [1.29, 1.82) is 0 Å². The van der Waals surface area contributed by atoms with E-state index >= 15 is 0 Å². The quantitative estimate of drug-likeness (QED) is 0.452. The molecular weight excluding hydrogens is 355 g/mol. The van der Waals surface area contributed by atoms with Crippen LogP contribution in [0, 0.1) is 10.1 Å². The highest BCUT2D eigenvalue weighted by Gasteiger charge is 2.28. The second kappa shape index (κ2) is 7.60. The molecule has 1 aromatic rings. The molecule has 5 nitrogen and oxygen atoms in total. The Kier molecular flexibility index (Phi) is 6.41. The van der Waals surface area contributed by atoms with E-state index in [0.29, 0.717) is 23.1 Å². The zero-order chi connectivity index (χ0) is 16.0. The molecule has 0 radical (unpaired) electrons. The summed E-state index contributed by atoms with van der Waals surface area (Å²) in [5, 5.41) is 13.8. The van der Waals surface area contributed by atoms with E-state index in [4.69, 9.17) is 0 Å². The predicted molar refractivity (Wildman–Crippen MR) is 77.5 cm³/mol. The third-order valence-electron chi connectivity index (χ3n) is 2.64. The largest absolute Gasteiger partial charge is 0.401 e. The van der Waals surface area contributed by atoms with Gasteiger partial charge in [0, 0.05) is 17.1 Å². The van der Waals surface area contributed by atoms with Gasteiger partial charge in [-0.3, -0.25) is 15.0 Å². The standard InChI is InChI=1S/C12H15BrF3N3O2/c1-18(8-12(14,15)16)6-2-5-17-10-4-3-9(13)7-11(10)19(20)21/h3-4,7,17H,2,5-6,8H2,1H3. The molecule has 9 heteroatoms. The molecular formula is C12H15BrF3N3O2. The number of anilines is 1. The molecule has 0 bridgehead atoms. The second-order valence-electron chi connectivity index (χ2n) is 4.55. The molecule has 0 amide bonds. The van der Waals surface area contributed by atoms with Crippen molar-refractivity contribution in [3.05, 3.63) is 32.8 Å². The van der Waals surface area contributed by atoms with Crippen molar-refractivity contribution >= 4 is 27.3 Å². The van der Waals surface area contributed by atoms with Crippen molar-refractivity contribution in [2.75, 3.05) is 32.0 Å². The molecule has 1 N–H and O–H groups in total. The Balaban J connectivity index is 2.45. The van der Waals surface area contributed by atoms with Gasteiger partial charge in [-0.25, -0.2) is 0 Å². The van der Waals surface area contributed by atoms with Crippen LogP contribution in [-0.4, -0.2) is 42.7 Å². The van der Waals surface area contributed by atoms with Crippen LogP contribution in [0.3, 0.4) is 0 Å². The van der Waals surface area contributed by atoms with Gasteiger partial charge in [-0.15, -0.1) is 0 Å². The zero-order valence-corrected chi connectivity index (χ0v) is 12.9. The number of nitrogens with zero attached hydrogens (tertiary/aromatic N) is 2. The molecule has 0 aromatic heterocycles. The molecule has 0 fully saturated rings. The molecule has 0 saturated carbocycles. The SMILES string of the molecule is CN(CCCNc1ccc(Br)cc1[N+](=O)[O-])CC(F)(F)F. The molecule has 0 saturated heterocycles. The summed E-state index contributed by atoms with van der Waals surface area (Å²) in [6.07, 6.45) is -3.77. The highest BCUT2D eigenvalue weighted by molar-refractivity contribution is 9.10. The Labute approximate surface area is 128 Å². The van der Waals surface area contributed by atoms with Crippen LogP contribution in [0.1, 0.15) is 6.42 Å². The van der Waals surface area contributed by atoms with Crippen LogP contribution in [0.15, 0.2) is 22.7 Å². The molecule has 0 aliphatic carbocycles. The van der Waals surface area contributed by atoms with E-state index in [9.17, 15) is 23.3 Å². The number of halogens is 4. The number of alkyl halides is 3. The van der Waals surface area contributed by atoms with E-state index in [0.717, 1.165) is 4.90 Å².